The first-order valence-corrected chi connectivity index (χ1v) is 7.91. The van der Waals surface area contributed by atoms with E-state index in [-0.39, 0.29) is 5.91 Å². The number of nitrogens with one attached hydrogen (secondary N) is 2. The van der Waals surface area contributed by atoms with Crippen LogP contribution < -0.4 is 15.5 Å². The Morgan fingerprint density at radius 3 is 2.82 bits per heavy atom. The maximum Gasteiger partial charge on any atom is 0.226 e. The molecule has 2 N–H and O–H groups in total. The average molecular weight is 303 g/mol. The molecule has 1 aliphatic heterocycles. The van der Waals surface area contributed by atoms with Crippen molar-refractivity contribution in [1.29, 1.82) is 0 Å². The van der Waals surface area contributed by atoms with E-state index in [0.29, 0.717) is 18.7 Å². The minimum absolute atomic E-state index is 0.210. The third kappa shape index (κ3) is 4.31. The quantitative estimate of drug-likeness (QED) is 0.783. The van der Waals surface area contributed by atoms with Crippen LogP contribution in [-0.4, -0.2) is 38.5 Å². The highest BCUT2D eigenvalue weighted by molar-refractivity contribution is 5.85. The molecule has 1 aromatic rings. The molecule has 120 valence electrons. The van der Waals surface area contributed by atoms with Crippen LogP contribution in [0.15, 0.2) is 18.2 Å². The topological polar surface area (TPSA) is 61.4 Å². The number of hydrogen-bond acceptors (Lipinski definition) is 4. The first-order chi connectivity index (χ1) is 10.6. The van der Waals surface area contributed by atoms with Crippen LogP contribution in [0.5, 0.6) is 0 Å². The summed E-state index contributed by atoms with van der Waals surface area (Å²) < 4.78 is 0. The van der Waals surface area contributed by atoms with Gasteiger partial charge in [0.25, 0.3) is 0 Å². The van der Waals surface area contributed by atoms with Gasteiger partial charge in [0, 0.05) is 38.3 Å². The molecule has 2 amide bonds. The van der Waals surface area contributed by atoms with Gasteiger partial charge < -0.3 is 10.2 Å². The van der Waals surface area contributed by atoms with Gasteiger partial charge in [-0.25, -0.2) is 0 Å². The summed E-state index contributed by atoms with van der Waals surface area (Å²) in [6, 6.07) is 6.59. The fourth-order valence-corrected chi connectivity index (χ4v) is 2.92. The summed E-state index contributed by atoms with van der Waals surface area (Å²) in [5.41, 5.74) is 3.79. The first kappa shape index (κ1) is 16.5. The van der Waals surface area contributed by atoms with E-state index < -0.39 is 0 Å². The van der Waals surface area contributed by atoms with Crippen LogP contribution in [0.2, 0.25) is 0 Å². The largest absolute Gasteiger partial charge is 0.369 e. The molecule has 0 aromatic heterocycles. The molecule has 1 atom stereocenters. The standard InChI is InChI=1S/C17H25N3O2/c1-13-3-5-15(20-9-7-18-8-10-20)11-16(13)14(2)4-6-17(22)19-12-21/h3,5,11-12,14,18H,4,6-10H2,1-2H3,(H,19,21,22). The zero-order valence-electron chi connectivity index (χ0n) is 13.4. The zero-order valence-corrected chi connectivity index (χ0v) is 13.4. The fourth-order valence-electron chi connectivity index (χ4n) is 2.92. The lowest BCUT2D eigenvalue weighted by atomic mass is 9.91. The second-order valence-electron chi connectivity index (χ2n) is 5.90. The molecule has 22 heavy (non-hydrogen) atoms. The number of carbonyl (C=O) groups is 2. The van der Waals surface area contributed by atoms with Crippen molar-refractivity contribution in [3.8, 4) is 0 Å². The number of piperazine rings is 1. The highest BCUT2D eigenvalue weighted by Gasteiger charge is 2.15. The van der Waals surface area contributed by atoms with E-state index in [1.165, 1.54) is 16.8 Å². The van der Waals surface area contributed by atoms with Gasteiger partial charge in [-0.1, -0.05) is 13.0 Å². The first-order valence-electron chi connectivity index (χ1n) is 7.91. The molecule has 1 aromatic carbocycles. The van der Waals surface area contributed by atoms with Crippen LogP contribution in [0.3, 0.4) is 0 Å². The molecule has 5 nitrogen and oxygen atoms in total. The molecule has 0 radical (unpaired) electrons. The van der Waals surface area contributed by atoms with E-state index in [9.17, 15) is 9.59 Å². The Kier molecular flexibility index (Phi) is 5.95. The van der Waals surface area contributed by atoms with Gasteiger partial charge >= 0.3 is 0 Å². The number of hydrogen-bond donors (Lipinski definition) is 2. The van der Waals surface area contributed by atoms with Gasteiger partial charge in [0.1, 0.15) is 0 Å². The number of nitrogens with zero attached hydrogens (tertiary/aromatic N) is 1. The van der Waals surface area contributed by atoms with Gasteiger partial charge in [-0.05, 0) is 42.5 Å². The van der Waals surface area contributed by atoms with Crippen molar-refractivity contribution in [1.82, 2.24) is 10.6 Å². The highest BCUT2D eigenvalue weighted by atomic mass is 16.2. The molecule has 0 saturated carbocycles. The lowest BCUT2D eigenvalue weighted by Crippen LogP contribution is -2.43. The van der Waals surface area contributed by atoms with E-state index >= 15 is 0 Å². The smallest absolute Gasteiger partial charge is 0.226 e. The second-order valence-corrected chi connectivity index (χ2v) is 5.90. The Hall–Kier alpha value is -1.88. The van der Waals surface area contributed by atoms with Crippen LogP contribution in [0.4, 0.5) is 5.69 Å². The molecule has 1 saturated heterocycles. The lowest BCUT2D eigenvalue weighted by molar-refractivity contribution is -0.125. The monoisotopic (exact) mass is 303 g/mol. The normalized spacial score (nSPS) is 16.2. The predicted molar refractivity (Wildman–Crippen MR) is 88.1 cm³/mol. The van der Waals surface area contributed by atoms with E-state index in [4.69, 9.17) is 0 Å². The Labute approximate surface area is 132 Å². The molecule has 1 aliphatic rings. The maximum absolute atomic E-state index is 11.4. The Balaban J connectivity index is 2.05. The summed E-state index contributed by atoms with van der Waals surface area (Å²) in [7, 11) is 0. The molecule has 1 unspecified atom stereocenters. The molecule has 1 fully saturated rings. The summed E-state index contributed by atoms with van der Waals surface area (Å²) in [5, 5.41) is 5.56. The van der Waals surface area contributed by atoms with Crippen LogP contribution >= 0.6 is 0 Å². The molecule has 0 aliphatic carbocycles. The summed E-state index contributed by atoms with van der Waals surface area (Å²) in [5.74, 6) is 0.0815. The number of rotatable bonds is 6. The van der Waals surface area contributed by atoms with Gasteiger partial charge in [0.15, 0.2) is 0 Å². The van der Waals surface area contributed by atoms with Gasteiger partial charge in [-0.15, -0.1) is 0 Å². The third-order valence-corrected chi connectivity index (χ3v) is 4.30. The SMILES string of the molecule is Cc1ccc(N2CCNCC2)cc1C(C)CCC(=O)NC=O. The molecular weight excluding hydrogens is 278 g/mol. The fraction of sp³-hybridized carbons (Fsp3) is 0.529. The molecule has 5 heteroatoms. The highest BCUT2D eigenvalue weighted by Crippen LogP contribution is 2.28. The van der Waals surface area contributed by atoms with Crippen molar-refractivity contribution in [3.63, 3.8) is 0 Å². The van der Waals surface area contributed by atoms with E-state index in [1.807, 2.05) is 0 Å². The van der Waals surface area contributed by atoms with Crippen molar-refractivity contribution in [3.05, 3.63) is 29.3 Å². The van der Waals surface area contributed by atoms with Crippen molar-refractivity contribution in [2.45, 2.75) is 32.6 Å². The van der Waals surface area contributed by atoms with Crippen molar-refractivity contribution in [2.24, 2.45) is 0 Å². The third-order valence-electron chi connectivity index (χ3n) is 4.30. The van der Waals surface area contributed by atoms with E-state index in [1.54, 1.807) is 0 Å². The Bertz CT molecular complexity index is 525. The van der Waals surface area contributed by atoms with Crippen molar-refractivity contribution < 1.29 is 9.59 Å². The predicted octanol–water partition coefficient (Wildman–Crippen LogP) is 1.56. The maximum atomic E-state index is 11.4. The zero-order chi connectivity index (χ0) is 15.9. The van der Waals surface area contributed by atoms with E-state index in [0.717, 1.165) is 32.6 Å². The Morgan fingerprint density at radius 2 is 2.14 bits per heavy atom. The van der Waals surface area contributed by atoms with Crippen LogP contribution in [0, 0.1) is 6.92 Å². The summed E-state index contributed by atoms with van der Waals surface area (Å²) in [4.78, 5) is 24.1. The number of benzene rings is 1. The van der Waals surface area contributed by atoms with Crippen LogP contribution in [0.25, 0.3) is 0 Å². The average Bonchev–Trinajstić information content (AvgIpc) is 2.54. The Morgan fingerprint density at radius 1 is 1.41 bits per heavy atom. The van der Waals surface area contributed by atoms with Crippen LogP contribution in [-0.2, 0) is 9.59 Å². The summed E-state index contributed by atoms with van der Waals surface area (Å²) >= 11 is 0. The summed E-state index contributed by atoms with van der Waals surface area (Å²) in [6.45, 7) is 8.34. The molecule has 2 rings (SSSR count). The number of carbonyl (C=O) groups excluding carboxylic acids is 2. The van der Waals surface area contributed by atoms with E-state index in [2.05, 4.69) is 47.6 Å². The number of aryl methyl sites for hydroxylation is 1. The minimum atomic E-state index is -0.210. The number of imide groups is 1. The van der Waals surface area contributed by atoms with Crippen molar-refractivity contribution in [2.75, 3.05) is 31.1 Å². The minimum Gasteiger partial charge on any atom is -0.369 e. The second kappa shape index (κ2) is 7.94. The van der Waals surface area contributed by atoms with Gasteiger partial charge in [-0.3, -0.25) is 14.9 Å². The molecule has 1 heterocycles. The molecule has 0 spiro atoms. The number of amides is 2. The summed E-state index contributed by atoms with van der Waals surface area (Å²) in [6.07, 6.45) is 1.56. The van der Waals surface area contributed by atoms with Gasteiger partial charge in [0.2, 0.25) is 12.3 Å². The molecule has 0 bridgehead atoms. The lowest BCUT2D eigenvalue weighted by Gasteiger charge is -2.30. The van der Waals surface area contributed by atoms with Gasteiger partial charge in [0.05, 0.1) is 0 Å². The van der Waals surface area contributed by atoms with Crippen molar-refractivity contribution >= 4 is 18.0 Å². The van der Waals surface area contributed by atoms with Gasteiger partial charge in [-0.2, -0.15) is 0 Å². The van der Waals surface area contributed by atoms with Crippen LogP contribution in [0.1, 0.15) is 36.8 Å². The molecular formula is C17H25N3O2. The number of anilines is 1.